The highest BCUT2D eigenvalue weighted by atomic mass is 19.1. The molecule has 19 heavy (non-hydrogen) atoms. The van der Waals surface area contributed by atoms with E-state index in [1.165, 1.54) is 13.0 Å². The van der Waals surface area contributed by atoms with E-state index in [9.17, 15) is 14.3 Å². The lowest BCUT2D eigenvalue weighted by Gasteiger charge is -2.21. The third kappa shape index (κ3) is 4.31. The summed E-state index contributed by atoms with van der Waals surface area (Å²) in [6.45, 7) is 6.87. The van der Waals surface area contributed by atoms with Gasteiger partial charge in [-0.25, -0.2) is 4.39 Å². The molecule has 0 saturated carbocycles. The second-order valence-electron chi connectivity index (χ2n) is 5.23. The number of hydrogen-bond donors (Lipinski definition) is 1. The van der Waals surface area contributed by atoms with E-state index in [4.69, 9.17) is 0 Å². The summed E-state index contributed by atoms with van der Waals surface area (Å²) < 4.78 is 13.5. The summed E-state index contributed by atoms with van der Waals surface area (Å²) >= 11 is 0. The zero-order valence-corrected chi connectivity index (χ0v) is 12.0. The average molecular weight is 267 g/mol. The van der Waals surface area contributed by atoms with Gasteiger partial charge in [0.15, 0.2) is 5.78 Å². The van der Waals surface area contributed by atoms with Crippen LogP contribution in [0.15, 0.2) is 12.1 Å². The van der Waals surface area contributed by atoms with Gasteiger partial charge in [-0.05, 0) is 32.0 Å². The van der Waals surface area contributed by atoms with Crippen LogP contribution in [0.4, 0.5) is 4.39 Å². The van der Waals surface area contributed by atoms with Crippen molar-refractivity contribution in [1.82, 2.24) is 4.90 Å². The number of phenols is 1. The molecule has 1 rings (SSSR count). The fourth-order valence-corrected chi connectivity index (χ4v) is 2.06. The summed E-state index contributed by atoms with van der Waals surface area (Å²) in [6, 6.07) is 2.37. The molecule has 0 radical (unpaired) electrons. The molecule has 0 aliphatic heterocycles. The summed E-state index contributed by atoms with van der Waals surface area (Å²) in [5.74, 6) is -0.393. The molecular weight excluding hydrogens is 245 g/mol. The lowest BCUT2D eigenvalue weighted by molar-refractivity contribution is 0.101. The largest absolute Gasteiger partial charge is 0.507 e. The Bertz CT molecular complexity index is 460. The predicted molar refractivity (Wildman–Crippen MR) is 73.9 cm³/mol. The van der Waals surface area contributed by atoms with Gasteiger partial charge in [-0.15, -0.1) is 0 Å². The zero-order chi connectivity index (χ0) is 14.6. The third-order valence-electron chi connectivity index (χ3n) is 3.29. The van der Waals surface area contributed by atoms with Gasteiger partial charge in [-0.3, -0.25) is 4.79 Å². The summed E-state index contributed by atoms with van der Waals surface area (Å²) in [5.41, 5.74) is 0.503. The highest BCUT2D eigenvalue weighted by Gasteiger charge is 2.15. The fourth-order valence-electron chi connectivity index (χ4n) is 2.06. The number of halogens is 1. The number of nitrogens with zero attached hydrogens (tertiary/aromatic N) is 1. The first-order chi connectivity index (χ1) is 8.85. The van der Waals surface area contributed by atoms with Gasteiger partial charge in [0.1, 0.15) is 11.6 Å². The number of benzene rings is 1. The van der Waals surface area contributed by atoms with Crippen molar-refractivity contribution in [2.75, 3.05) is 13.6 Å². The number of ketones is 1. The minimum Gasteiger partial charge on any atom is -0.507 e. The Kier molecular flexibility index (Phi) is 5.48. The van der Waals surface area contributed by atoms with E-state index in [1.54, 1.807) is 0 Å². The van der Waals surface area contributed by atoms with Gasteiger partial charge in [0.25, 0.3) is 0 Å². The van der Waals surface area contributed by atoms with Crippen molar-refractivity contribution in [3.8, 4) is 5.75 Å². The number of aromatic hydroxyl groups is 1. The Hall–Kier alpha value is -1.42. The van der Waals surface area contributed by atoms with Gasteiger partial charge >= 0.3 is 0 Å². The van der Waals surface area contributed by atoms with E-state index in [2.05, 4.69) is 13.8 Å². The standard InChI is InChI=1S/C15H22FNO2/c1-5-10(2)8-17(4)9-12-6-13(16)7-14(11(3)18)15(12)19/h6-7,10,19H,5,8-9H2,1-4H3. The van der Waals surface area contributed by atoms with E-state index >= 15 is 0 Å². The van der Waals surface area contributed by atoms with Gasteiger partial charge in [-0.2, -0.15) is 0 Å². The Morgan fingerprint density at radius 2 is 2.11 bits per heavy atom. The maximum atomic E-state index is 13.5. The quantitative estimate of drug-likeness (QED) is 0.805. The average Bonchev–Trinajstić information content (AvgIpc) is 2.32. The molecule has 0 fully saturated rings. The number of Topliss-reactive ketones (excluding diaryl/α,β-unsaturated/α-hetero) is 1. The Labute approximate surface area is 114 Å². The molecule has 1 aromatic carbocycles. The number of carbonyl (C=O) groups is 1. The van der Waals surface area contributed by atoms with E-state index in [0.717, 1.165) is 19.0 Å². The molecule has 0 aromatic heterocycles. The number of carbonyl (C=O) groups excluding carboxylic acids is 1. The lowest BCUT2D eigenvalue weighted by Crippen LogP contribution is -2.24. The topological polar surface area (TPSA) is 40.5 Å². The predicted octanol–water partition coefficient (Wildman–Crippen LogP) is 3.21. The van der Waals surface area contributed by atoms with Crippen LogP contribution in [-0.4, -0.2) is 29.4 Å². The van der Waals surface area contributed by atoms with Gasteiger partial charge in [0.2, 0.25) is 0 Å². The molecule has 1 aromatic rings. The number of phenolic OH excluding ortho intramolecular Hbond substituents is 1. The smallest absolute Gasteiger partial charge is 0.163 e. The molecule has 1 atom stereocenters. The normalized spacial score (nSPS) is 12.7. The molecule has 0 bridgehead atoms. The summed E-state index contributed by atoms with van der Waals surface area (Å²) in [6.07, 6.45) is 1.07. The van der Waals surface area contributed by atoms with Crippen LogP contribution in [0.2, 0.25) is 0 Å². The Morgan fingerprint density at radius 1 is 1.47 bits per heavy atom. The maximum Gasteiger partial charge on any atom is 0.163 e. The summed E-state index contributed by atoms with van der Waals surface area (Å²) in [7, 11) is 1.92. The van der Waals surface area contributed by atoms with Crippen molar-refractivity contribution < 1.29 is 14.3 Å². The SMILES string of the molecule is CCC(C)CN(C)Cc1cc(F)cc(C(C)=O)c1O. The molecule has 1 unspecified atom stereocenters. The first-order valence-electron chi connectivity index (χ1n) is 6.56. The molecule has 1 N–H and O–H groups in total. The molecule has 0 aliphatic carbocycles. The minimum absolute atomic E-state index is 0.0481. The first kappa shape index (κ1) is 15.6. The monoisotopic (exact) mass is 267 g/mol. The van der Waals surface area contributed by atoms with Crippen LogP contribution in [0.5, 0.6) is 5.75 Å². The molecular formula is C15H22FNO2. The maximum absolute atomic E-state index is 13.5. The van der Waals surface area contributed by atoms with E-state index in [1.807, 2.05) is 11.9 Å². The van der Waals surface area contributed by atoms with Crippen molar-refractivity contribution in [1.29, 1.82) is 0 Å². The van der Waals surface area contributed by atoms with Crippen LogP contribution in [0.25, 0.3) is 0 Å². The lowest BCUT2D eigenvalue weighted by atomic mass is 10.0. The van der Waals surface area contributed by atoms with Gasteiger partial charge in [0, 0.05) is 18.7 Å². The van der Waals surface area contributed by atoms with Crippen LogP contribution in [0.3, 0.4) is 0 Å². The molecule has 3 nitrogen and oxygen atoms in total. The van der Waals surface area contributed by atoms with Crippen LogP contribution in [0, 0.1) is 11.7 Å². The van der Waals surface area contributed by atoms with E-state index in [-0.39, 0.29) is 17.1 Å². The van der Waals surface area contributed by atoms with E-state index < -0.39 is 5.82 Å². The van der Waals surface area contributed by atoms with E-state index in [0.29, 0.717) is 18.0 Å². The second kappa shape index (κ2) is 6.66. The fraction of sp³-hybridized carbons (Fsp3) is 0.533. The highest BCUT2D eigenvalue weighted by molar-refractivity contribution is 5.97. The third-order valence-corrected chi connectivity index (χ3v) is 3.29. The summed E-state index contributed by atoms with van der Waals surface area (Å²) in [5, 5.41) is 10.0. The molecule has 0 saturated heterocycles. The second-order valence-corrected chi connectivity index (χ2v) is 5.23. The van der Waals surface area contributed by atoms with Crippen molar-refractivity contribution in [2.45, 2.75) is 33.7 Å². The van der Waals surface area contributed by atoms with Crippen LogP contribution >= 0.6 is 0 Å². The molecule has 106 valence electrons. The Morgan fingerprint density at radius 3 is 2.63 bits per heavy atom. The van der Waals surface area contributed by atoms with Gasteiger partial charge in [-0.1, -0.05) is 20.3 Å². The van der Waals surface area contributed by atoms with Crippen molar-refractivity contribution in [3.63, 3.8) is 0 Å². The van der Waals surface area contributed by atoms with Crippen LogP contribution in [0.1, 0.15) is 43.1 Å². The molecule has 0 amide bonds. The highest BCUT2D eigenvalue weighted by Crippen LogP contribution is 2.26. The molecule has 0 spiro atoms. The van der Waals surface area contributed by atoms with Crippen molar-refractivity contribution >= 4 is 5.78 Å². The molecule has 4 heteroatoms. The van der Waals surface area contributed by atoms with Gasteiger partial charge < -0.3 is 10.0 Å². The number of rotatable bonds is 6. The van der Waals surface area contributed by atoms with Crippen LogP contribution < -0.4 is 0 Å². The number of hydrogen-bond acceptors (Lipinski definition) is 3. The minimum atomic E-state index is -0.491. The van der Waals surface area contributed by atoms with Crippen molar-refractivity contribution in [2.24, 2.45) is 5.92 Å². The zero-order valence-electron chi connectivity index (χ0n) is 12.0. The Balaban J connectivity index is 2.92. The first-order valence-corrected chi connectivity index (χ1v) is 6.56. The summed E-state index contributed by atoms with van der Waals surface area (Å²) in [4.78, 5) is 13.4. The van der Waals surface area contributed by atoms with Crippen LogP contribution in [-0.2, 0) is 6.54 Å². The molecule has 0 aliphatic rings. The van der Waals surface area contributed by atoms with Gasteiger partial charge in [0.05, 0.1) is 5.56 Å². The molecule has 0 heterocycles. The van der Waals surface area contributed by atoms with Crippen molar-refractivity contribution in [3.05, 3.63) is 29.1 Å².